The minimum absolute atomic E-state index is 0. The van der Waals surface area contributed by atoms with Crippen molar-refractivity contribution < 1.29 is 16.4 Å². The molecule has 0 radical (unpaired) electrons. The highest BCUT2D eigenvalue weighted by atomic mass is 19.3. The Morgan fingerprint density at radius 1 is 1.21 bits per heavy atom. The van der Waals surface area contributed by atoms with Crippen molar-refractivity contribution in [2.45, 2.75) is 52.5 Å². The Morgan fingerprint density at radius 3 is 2.71 bits per heavy atom. The number of benzene rings is 2. The van der Waals surface area contributed by atoms with Crippen LogP contribution in [0.5, 0.6) is 0 Å². The van der Waals surface area contributed by atoms with Crippen molar-refractivity contribution in [3.05, 3.63) is 53.9 Å². The summed E-state index contributed by atoms with van der Waals surface area (Å²) in [6, 6.07) is 9.20. The molecule has 2 N–H and O–H groups in total. The summed E-state index contributed by atoms with van der Waals surface area (Å²) in [4.78, 5) is 14.3. The van der Waals surface area contributed by atoms with Gasteiger partial charge in [0.15, 0.2) is 0 Å². The summed E-state index contributed by atoms with van der Waals surface area (Å²) in [5.41, 5.74) is 5.46. The van der Waals surface area contributed by atoms with Crippen LogP contribution in [-0.4, -0.2) is 28.3 Å². The first-order valence-corrected chi connectivity index (χ1v) is 11.8. The lowest BCUT2D eigenvalue weighted by Gasteiger charge is -2.34. The molecule has 1 atom stereocenters. The van der Waals surface area contributed by atoms with E-state index in [9.17, 15) is 13.6 Å². The Balaban J connectivity index is 0.00000111. The fourth-order valence-electron chi connectivity index (χ4n) is 4.69. The van der Waals surface area contributed by atoms with Crippen LogP contribution in [0.3, 0.4) is 0 Å². The lowest BCUT2D eigenvalue weighted by Crippen LogP contribution is -2.26. The van der Waals surface area contributed by atoms with E-state index in [0.29, 0.717) is 29.8 Å². The molecule has 0 aliphatic carbocycles. The van der Waals surface area contributed by atoms with Crippen LogP contribution in [-0.2, 0) is 18.3 Å². The third-order valence-electron chi connectivity index (χ3n) is 6.11. The summed E-state index contributed by atoms with van der Waals surface area (Å²) in [5.74, 6) is -0.0407. The molecule has 0 saturated heterocycles. The molecule has 0 unspecified atom stereocenters. The average molecular weight is 472 g/mol. The lowest BCUT2D eigenvalue weighted by atomic mass is 9.92. The molecule has 3 heterocycles. The molecule has 1 aromatic heterocycles. The van der Waals surface area contributed by atoms with Crippen molar-refractivity contribution in [2.24, 2.45) is 7.05 Å². The number of carbonyl (C=O) groups is 1. The maximum absolute atomic E-state index is 14.1. The van der Waals surface area contributed by atoms with E-state index in [4.69, 9.17) is 0 Å². The van der Waals surface area contributed by atoms with Crippen molar-refractivity contribution in [1.82, 2.24) is 9.78 Å². The Bertz CT molecular complexity index is 1200. The minimum Gasteiger partial charge on any atom is -0.379 e. The monoisotopic (exact) mass is 471 g/mol. The highest BCUT2D eigenvalue weighted by molar-refractivity contribution is 6.00. The van der Waals surface area contributed by atoms with Gasteiger partial charge in [-0.1, -0.05) is 19.9 Å². The van der Waals surface area contributed by atoms with E-state index < -0.39 is 6.43 Å². The second kappa shape index (κ2) is 9.83. The van der Waals surface area contributed by atoms with Crippen molar-refractivity contribution in [1.29, 1.82) is 0 Å². The van der Waals surface area contributed by atoms with Gasteiger partial charge in [-0.25, -0.2) is 8.78 Å². The Labute approximate surface area is 201 Å². The maximum Gasteiger partial charge on any atom is 0.264 e. The van der Waals surface area contributed by atoms with Gasteiger partial charge in [-0.2, -0.15) is 5.10 Å². The topological polar surface area (TPSA) is 62.2 Å². The van der Waals surface area contributed by atoms with E-state index in [2.05, 4.69) is 20.6 Å². The van der Waals surface area contributed by atoms with Crippen LogP contribution in [0, 0.1) is 0 Å². The smallest absolute Gasteiger partial charge is 0.264 e. The zero-order chi connectivity index (χ0) is 24.4. The summed E-state index contributed by atoms with van der Waals surface area (Å²) in [7, 11) is 1.78. The Kier molecular flexibility index (Phi) is 6.86. The summed E-state index contributed by atoms with van der Waals surface area (Å²) in [5, 5.41) is 10.6. The van der Waals surface area contributed by atoms with Gasteiger partial charge in [0, 0.05) is 51.9 Å². The normalized spacial score (nSPS) is 17.1. The predicted molar refractivity (Wildman–Crippen MR) is 137 cm³/mol. The summed E-state index contributed by atoms with van der Waals surface area (Å²) in [6.45, 7) is 6.67. The molecule has 0 bridgehead atoms. The van der Waals surface area contributed by atoms with Crippen LogP contribution in [0.2, 0.25) is 0 Å². The number of nitrogens with zero attached hydrogens (tertiary/aromatic N) is 3. The molecule has 34 heavy (non-hydrogen) atoms. The predicted octanol–water partition coefficient (Wildman–Crippen LogP) is 6.77. The summed E-state index contributed by atoms with van der Waals surface area (Å²) in [6.07, 6.45) is 2.87. The molecular weight excluding hydrogens is 436 g/mol. The average Bonchev–Trinajstić information content (AvgIpc) is 3.19. The molecule has 5 rings (SSSR count). The number of aromatic nitrogens is 2. The molecule has 6 nitrogen and oxygen atoms in total. The maximum atomic E-state index is 14.1. The standard InChI is InChI=1S/C24H25F2N5O.C2H6.2H2/c1-14-9-22(32)29-19-6-3-7-20(23(19)28-14)31-8-4-5-15-10-17(16-12-27-30(2)13-16)18(24(25)26)11-21(15)31;1-2;;/h3,6-7,10-14,24,28H,4-5,8-9H2,1-2H3,(H,29,32);1-2H3;2*1H/t14-;;;/m1.../s1. The lowest BCUT2D eigenvalue weighted by molar-refractivity contribution is -0.116. The quantitative estimate of drug-likeness (QED) is 0.442. The second-order valence-corrected chi connectivity index (χ2v) is 8.52. The van der Waals surface area contributed by atoms with Gasteiger partial charge < -0.3 is 15.5 Å². The Morgan fingerprint density at radius 2 is 2.00 bits per heavy atom. The molecule has 8 heteroatoms. The number of carbonyl (C=O) groups excluding carboxylic acids is 1. The van der Waals surface area contributed by atoms with Crippen LogP contribution < -0.4 is 15.5 Å². The van der Waals surface area contributed by atoms with Gasteiger partial charge in [0.05, 0.1) is 23.3 Å². The van der Waals surface area contributed by atoms with Gasteiger partial charge >= 0.3 is 0 Å². The molecule has 0 fully saturated rings. The van der Waals surface area contributed by atoms with Crippen LogP contribution >= 0.6 is 0 Å². The van der Waals surface area contributed by atoms with Gasteiger partial charge in [-0.15, -0.1) is 0 Å². The van der Waals surface area contributed by atoms with Crippen molar-refractivity contribution >= 4 is 28.7 Å². The van der Waals surface area contributed by atoms with Crippen molar-refractivity contribution in [3.8, 4) is 11.1 Å². The third-order valence-corrected chi connectivity index (χ3v) is 6.11. The number of para-hydroxylation sites is 1. The van der Waals surface area contributed by atoms with Crippen LogP contribution in [0.1, 0.15) is 54.0 Å². The highest BCUT2D eigenvalue weighted by Crippen LogP contribution is 2.45. The van der Waals surface area contributed by atoms with E-state index in [-0.39, 0.29) is 20.4 Å². The molecule has 2 aliphatic heterocycles. The number of aryl methyl sites for hydroxylation is 2. The zero-order valence-electron chi connectivity index (χ0n) is 20.0. The van der Waals surface area contributed by atoms with Crippen molar-refractivity contribution in [3.63, 3.8) is 0 Å². The molecule has 0 spiro atoms. The largest absolute Gasteiger partial charge is 0.379 e. The van der Waals surface area contributed by atoms with Gasteiger partial charge in [0.2, 0.25) is 5.91 Å². The van der Waals surface area contributed by atoms with Gasteiger partial charge in [0.25, 0.3) is 6.43 Å². The van der Waals surface area contributed by atoms with E-state index in [1.165, 1.54) is 0 Å². The molecule has 2 aliphatic rings. The summed E-state index contributed by atoms with van der Waals surface area (Å²) >= 11 is 0. The third kappa shape index (κ3) is 4.49. The summed E-state index contributed by atoms with van der Waals surface area (Å²) < 4.78 is 29.9. The van der Waals surface area contributed by atoms with E-state index in [1.54, 1.807) is 30.2 Å². The first-order chi connectivity index (χ1) is 16.4. The van der Waals surface area contributed by atoms with Gasteiger partial charge in [-0.05, 0) is 55.2 Å². The fourth-order valence-corrected chi connectivity index (χ4v) is 4.69. The number of alkyl halides is 2. The molecular formula is C26H35F2N5O. The number of fused-ring (bicyclic) bond motifs is 2. The number of hydrogen-bond acceptors (Lipinski definition) is 4. The fraction of sp³-hybridized carbons (Fsp3) is 0.385. The molecule has 2 aromatic carbocycles. The van der Waals surface area contributed by atoms with Crippen LogP contribution in [0.15, 0.2) is 42.7 Å². The molecule has 0 saturated carbocycles. The minimum atomic E-state index is -2.61. The number of anilines is 4. The van der Waals surface area contributed by atoms with E-state index in [1.807, 2.05) is 45.0 Å². The SMILES string of the molecule is CC.C[C@@H]1CC(=O)Nc2cccc(N3CCCc4cc(-c5cnn(C)c5)c(C(F)F)cc43)c2N1.[HH].[HH]. The first kappa shape index (κ1) is 23.7. The van der Waals surface area contributed by atoms with E-state index in [0.717, 1.165) is 35.5 Å². The molecule has 1 amide bonds. The number of rotatable bonds is 3. The number of hydrogen-bond donors (Lipinski definition) is 2. The van der Waals surface area contributed by atoms with Crippen molar-refractivity contribution in [2.75, 3.05) is 22.1 Å². The first-order valence-electron chi connectivity index (χ1n) is 11.8. The van der Waals surface area contributed by atoms with E-state index >= 15 is 0 Å². The molecule has 3 aromatic rings. The van der Waals surface area contributed by atoms with Gasteiger partial charge in [0.1, 0.15) is 0 Å². The number of nitrogens with one attached hydrogen (secondary N) is 2. The van der Waals surface area contributed by atoms with Crippen LogP contribution in [0.25, 0.3) is 11.1 Å². The zero-order valence-corrected chi connectivity index (χ0v) is 20.0. The molecule has 184 valence electrons. The van der Waals surface area contributed by atoms with Gasteiger partial charge in [-0.3, -0.25) is 9.48 Å². The second-order valence-electron chi connectivity index (χ2n) is 8.52. The number of halogens is 2. The highest BCUT2D eigenvalue weighted by Gasteiger charge is 2.28. The number of amides is 1. The van der Waals surface area contributed by atoms with Crippen LogP contribution in [0.4, 0.5) is 31.5 Å². The Hall–Kier alpha value is -3.42.